The fraction of sp³-hybridized carbons (Fsp3) is 0.269. The van der Waals surface area contributed by atoms with Crippen molar-refractivity contribution < 1.29 is 19.1 Å². The number of hydrogen-bond donors (Lipinski definition) is 0. The molecule has 1 saturated heterocycles. The van der Waals surface area contributed by atoms with E-state index < -0.39 is 18.0 Å². The number of allylic oxidation sites excluding steroid dienone is 1. The Morgan fingerprint density at radius 3 is 2.65 bits per heavy atom. The Morgan fingerprint density at radius 1 is 1.10 bits per heavy atom. The minimum Gasteiger partial charge on any atom is -0.463 e. The van der Waals surface area contributed by atoms with E-state index in [1.54, 1.807) is 0 Å². The van der Waals surface area contributed by atoms with Crippen molar-refractivity contribution in [1.82, 2.24) is 4.98 Å². The molecule has 0 saturated carbocycles. The molecule has 2 heterocycles. The van der Waals surface area contributed by atoms with Crippen molar-refractivity contribution in [2.75, 3.05) is 6.61 Å². The van der Waals surface area contributed by atoms with Crippen LogP contribution in [0.15, 0.2) is 54.6 Å². The van der Waals surface area contributed by atoms with Crippen LogP contribution in [-0.4, -0.2) is 29.6 Å². The van der Waals surface area contributed by atoms with Gasteiger partial charge in [0, 0.05) is 11.8 Å². The van der Waals surface area contributed by atoms with Crippen molar-refractivity contribution in [3.63, 3.8) is 0 Å². The van der Waals surface area contributed by atoms with Crippen LogP contribution in [0, 0.1) is 5.92 Å². The number of pyridine rings is 1. The molecule has 2 aromatic carbocycles. The molecule has 0 bridgehead atoms. The van der Waals surface area contributed by atoms with Crippen molar-refractivity contribution in [2.45, 2.75) is 32.3 Å². The second-order valence-corrected chi connectivity index (χ2v) is 8.27. The topological polar surface area (TPSA) is 65.5 Å². The maximum atomic E-state index is 13.3. The highest BCUT2D eigenvalue weighted by molar-refractivity contribution is 6.07. The summed E-state index contributed by atoms with van der Waals surface area (Å²) < 4.78 is 10.6. The molecule has 0 amide bonds. The van der Waals surface area contributed by atoms with Gasteiger partial charge in [-0.2, -0.15) is 0 Å². The quantitative estimate of drug-likeness (QED) is 0.576. The van der Waals surface area contributed by atoms with Gasteiger partial charge in [-0.05, 0) is 47.6 Å². The standard InChI is InChI=1S/C26H23NO4/c1-16-13-18(15-17-7-3-2-4-8-17)24-20(14-16)23(19-9-5-6-10-21(19)27-24)26(29)31-22-11-12-30-25(22)28/h2-10,15-16,22H,11-14H2,1H3/b18-15+/t16-,22+/m0/s1. The Bertz CT molecular complexity index is 1200. The maximum Gasteiger partial charge on any atom is 0.347 e. The van der Waals surface area contributed by atoms with Gasteiger partial charge in [0.25, 0.3) is 0 Å². The van der Waals surface area contributed by atoms with Crippen LogP contribution in [0.3, 0.4) is 0 Å². The van der Waals surface area contributed by atoms with Crippen LogP contribution in [0.4, 0.5) is 0 Å². The first-order valence-corrected chi connectivity index (χ1v) is 10.7. The second kappa shape index (κ2) is 7.99. The summed E-state index contributed by atoms with van der Waals surface area (Å²) in [6.45, 7) is 2.47. The van der Waals surface area contributed by atoms with Crippen LogP contribution in [-0.2, 0) is 20.7 Å². The molecule has 2 atom stereocenters. The van der Waals surface area contributed by atoms with E-state index in [4.69, 9.17) is 14.5 Å². The zero-order valence-corrected chi connectivity index (χ0v) is 17.3. The Balaban J connectivity index is 1.67. The molecule has 1 aliphatic heterocycles. The van der Waals surface area contributed by atoms with Crippen molar-refractivity contribution >= 4 is 34.5 Å². The van der Waals surface area contributed by atoms with Crippen LogP contribution < -0.4 is 0 Å². The first kappa shape index (κ1) is 19.5. The number of esters is 2. The lowest BCUT2D eigenvalue weighted by atomic mass is 9.80. The molecule has 156 valence electrons. The highest BCUT2D eigenvalue weighted by Gasteiger charge is 2.34. The van der Waals surface area contributed by atoms with Crippen molar-refractivity contribution in [1.29, 1.82) is 0 Å². The van der Waals surface area contributed by atoms with E-state index in [2.05, 4.69) is 25.1 Å². The molecule has 5 nitrogen and oxygen atoms in total. The van der Waals surface area contributed by atoms with Gasteiger partial charge in [-0.3, -0.25) is 0 Å². The molecule has 5 rings (SSSR count). The summed E-state index contributed by atoms with van der Waals surface area (Å²) in [7, 11) is 0. The summed E-state index contributed by atoms with van der Waals surface area (Å²) in [5.74, 6) is -0.598. The summed E-state index contributed by atoms with van der Waals surface area (Å²) in [6.07, 6.45) is 3.33. The molecule has 1 fully saturated rings. The number of aromatic nitrogens is 1. The third-order valence-corrected chi connectivity index (χ3v) is 5.90. The number of rotatable bonds is 3. The van der Waals surface area contributed by atoms with E-state index in [-0.39, 0.29) is 6.61 Å². The van der Waals surface area contributed by atoms with Gasteiger partial charge in [0.1, 0.15) is 0 Å². The number of nitrogens with zero attached hydrogens (tertiary/aromatic N) is 1. The lowest BCUT2D eigenvalue weighted by molar-refractivity contribution is -0.145. The number of carbonyl (C=O) groups is 2. The molecular weight excluding hydrogens is 390 g/mol. The summed E-state index contributed by atoms with van der Waals surface area (Å²) in [5.41, 5.74) is 5.23. The Kier molecular flexibility index (Phi) is 5.02. The highest BCUT2D eigenvalue weighted by atomic mass is 16.6. The lowest BCUT2D eigenvalue weighted by Crippen LogP contribution is -2.25. The number of hydrogen-bond acceptors (Lipinski definition) is 5. The third-order valence-electron chi connectivity index (χ3n) is 5.90. The third kappa shape index (κ3) is 3.72. The molecular formula is C26H23NO4. The van der Waals surface area contributed by atoms with E-state index in [0.717, 1.165) is 46.1 Å². The molecule has 31 heavy (non-hydrogen) atoms. The molecule has 0 spiro atoms. The minimum atomic E-state index is -0.838. The first-order valence-electron chi connectivity index (χ1n) is 10.7. The van der Waals surface area contributed by atoms with Gasteiger partial charge < -0.3 is 9.47 Å². The highest BCUT2D eigenvalue weighted by Crippen LogP contribution is 2.39. The van der Waals surface area contributed by atoms with Gasteiger partial charge in [0.05, 0.1) is 23.4 Å². The predicted molar refractivity (Wildman–Crippen MR) is 118 cm³/mol. The van der Waals surface area contributed by atoms with Gasteiger partial charge in [-0.1, -0.05) is 55.5 Å². The number of para-hydroxylation sites is 1. The average Bonchev–Trinajstić information content (AvgIpc) is 3.17. The van der Waals surface area contributed by atoms with Crippen LogP contribution >= 0.6 is 0 Å². The smallest absolute Gasteiger partial charge is 0.347 e. The maximum absolute atomic E-state index is 13.3. The Labute approximate surface area is 180 Å². The minimum absolute atomic E-state index is 0.285. The van der Waals surface area contributed by atoms with Crippen LogP contribution in [0.5, 0.6) is 0 Å². The normalized spacial score (nSPS) is 21.7. The molecule has 2 aliphatic rings. The van der Waals surface area contributed by atoms with E-state index in [1.165, 1.54) is 0 Å². The molecule has 0 N–H and O–H groups in total. The van der Waals surface area contributed by atoms with Crippen molar-refractivity contribution in [2.24, 2.45) is 5.92 Å². The monoisotopic (exact) mass is 413 g/mol. The van der Waals surface area contributed by atoms with Crippen LogP contribution in [0.2, 0.25) is 0 Å². The summed E-state index contributed by atoms with van der Waals surface area (Å²) in [5, 5.41) is 0.755. The van der Waals surface area contributed by atoms with Gasteiger partial charge in [-0.25, -0.2) is 14.6 Å². The first-order chi connectivity index (χ1) is 15.1. The predicted octanol–water partition coefficient (Wildman–Crippen LogP) is 4.83. The van der Waals surface area contributed by atoms with E-state index >= 15 is 0 Å². The molecule has 1 aliphatic carbocycles. The largest absolute Gasteiger partial charge is 0.463 e. The molecule has 1 aromatic heterocycles. The number of carbonyl (C=O) groups excluding carboxylic acids is 2. The zero-order chi connectivity index (χ0) is 21.4. The lowest BCUT2D eigenvalue weighted by Gasteiger charge is -2.26. The second-order valence-electron chi connectivity index (χ2n) is 8.27. The molecule has 3 aromatic rings. The fourth-order valence-corrected chi connectivity index (χ4v) is 4.49. The summed E-state index contributed by atoms with van der Waals surface area (Å²) >= 11 is 0. The van der Waals surface area contributed by atoms with Crippen molar-refractivity contribution in [3.8, 4) is 0 Å². The van der Waals surface area contributed by atoms with Gasteiger partial charge >= 0.3 is 11.9 Å². The number of fused-ring (bicyclic) bond motifs is 2. The average molecular weight is 413 g/mol. The SMILES string of the molecule is C[C@H]1C/C(=C\c2ccccc2)c2nc3ccccc3c(C(=O)O[C@@H]3CCOC3=O)c2C1. The Morgan fingerprint density at radius 2 is 1.87 bits per heavy atom. The summed E-state index contributed by atoms with van der Waals surface area (Å²) in [4.78, 5) is 30.2. The zero-order valence-electron chi connectivity index (χ0n) is 17.3. The van der Waals surface area contributed by atoms with Gasteiger partial charge in [0.15, 0.2) is 0 Å². The van der Waals surface area contributed by atoms with Crippen LogP contribution in [0.1, 0.15) is 46.9 Å². The fourth-order valence-electron chi connectivity index (χ4n) is 4.49. The number of ether oxygens (including phenoxy) is 2. The molecule has 0 radical (unpaired) electrons. The molecule has 0 unspecified atom stereocenters. The van der Waals surface area contributed by atoms with Crippen molar-refractivity contribution in [3.05, 3.63) is 77.0 Å². The summed E-state index contributed by atoms with van der Waals surface area (Å²) in [6, 6.07) is 17.8. The van der Waals surface area contributed by atoms with Gasteiger partial charge in [-0.15, -0.1) is 0 Å². The van der Waals surface area contributed by atoms with Gasteiger partial charge in [0.2, 0.25) is 6.10 Å². The number of benzene rings is 2. The number of cyclic esters (lactones) is 1. The van der Waals surface area contributed by atoms with E-state index in [1.807, 2.05) is 42.5 Å². The van der Waals surface area contributed by atoms with E-state index in [0.29, 0.717) is 17.9 Å². The van der Waals surface area contributed by atoms with Crippen LogP contribution in [0.25, 0.3) is 22.6 Å². The molecule has 5 heteroatoms. The Hall–Kier alpha value is -3.47. The van der Waals surface area contributed by atoms with E-state index in [9.17, 15) is 9.59 Å².